The predicted molar refractivity (Wildman–Crippen MR) is 118 cm³/mol. The van der Waals surface area contributed by atoms with Gasteiger partial charge in [-0.05, 0) is 41.8 Å². The van der Waals surface area contributed by atoms with Gasteiger partial charge in [-0.25, -0.2) is 12.8 Å². The molecule has 0 unspecified atom stereocenters. The van der Waals surface area contributed by atoms with Crippen LogP contribution < -0.4 is 0 Å². The molecule has 2 aromatic rings. The van der Waals surface area contributed by atoms with Crippen LogP contribution in [0.25, 0.3) is 0 Å². The number of benzene rings is 2. The number of nitrogens with zero attached hydrogens (tertiary/aromatic N) is 2. The second kappa shape index (κ2) is 8.69. The van der Waals surface area contributed by atoms with Gasteiger partial charge >= 0.3 is 0 Å². The summed E-state index contributed by atoms with van der Waals surface area (Å²) in [6.45, 7) is 0.516. The number of halogens is 2. The van der Waals surface area contributed by atoms with Gasteiger partial charge in [0.2, 0.25) is 0 Å². The van der Waals surface area contributed by atoms with Crippen LogP contribution in [-0.4, -0.2) is 53.7 Å². The highest BCUT2D eigenvalue weighted by atomic mass is 35.5. The number of thioether (sulfide) groups is 1. The summed E-state index contributed by atoms with van der Waals surface area (Å²) in [5.74, 6) is -0.417. The zero-order valence-electron chi connectivity index (χ0n) is 16.0. The highest BCUT2D eigenvalue weighted by molar-refractivity contribution is 8.15. The van der Waals surface area contributed by atoms with Gasteiger partial charge in [0.15, 0.2) is 15.0 Å². The number of carbonyl (C=O) groups excluding carboxylic acids is 1. The minimum absolute atomic E-state index is 0.0679. The zero-order valence-corrected chi connectivity index (χ0v) is 18.4. The Morgan fingerprint density at radius 2 is 1.77 bits per heavy atom. The molecule has 0 aliphatic carbocycles. The molecule has 2 fully saturated rings. The van der Waals surface area contributed by atoms with Crippen LogP contribution in [-0.2, 0) is 27.5 Å². The maximum atomic E-state index is 13.2. The smallest absolute Gasteiger partial charge is 0.252 e. The standard InChI is InChI=1S/C21H20ClFN2O3S2/c22-16-5-1-15(2-6-16)11-20(26)24-21-25(10-9-14-3-7-17(23)8-4-14)18-12-30(27,28)13-19(18)29-21/h1-8,18-19H,9-13H2/t18-,19+/m0/s1. The van der Waals surface area contributed by atoms with Gasteiger partial charge in [0.25, 0.3) is 5.91 Å². The fraction of sp³-hybridized carbons (Fsp3) is 0.333. The molecule has 2 heterocycles. The number of amides is 1. The summed E-state index contributed by atoms with van der Waals surface area (Å²) in [5.41, 5.74) is 1.76. The van der Waals surface area contributed by atoms with Gasteiger partial charge in [0.1, 0.15) is 5.82 Å². The zero-order chi connectivity index (χ0) is 21.3. The van der Waals surface area contributed by atoms with E-state index in [0.29, 0.717) is 23.2 Å². The molecular weight excluding hydrogens is 447 g/mol. The van der Waals surface area contributed by atoms with Crippen molar-refractivity contribution in [3.05, 3.63) is 70.5 Å². The Bertz CT molecular complexity index is 1070. The van der Waals surface area contributed by atoms with Gasteiger partial charge in [-0.3, -0.25) is 4.79 Å². The fourth-order valence-electron chi connectivity index (χ4n) is 3.72. The Morgan fingerprint density at radius 3 is 2.47 bits per heavy atom. The van der Waals surface area contributed by atoms with Gasteiger partial charge < -0.3 is 4.90 Å². The lowest BCUT2D eigenvalue weighted by Gasteiger charge is -2.24. The van der Waals surface area contributed by atoms with E-state index in [1.54, 1.807) is 36.4 Å². The van der Waals surface area contributed by atoms with Crippen molar-refractivity contribution >= 4 is 44.3 Å². The lowest BCUT2D eigenvalue weighted by atomic mass is 10.1. The summed E-state index contributed by atoms with van der Waals surface area (Å²) in [7, 11) is -3.10. The predicted octanol–water partition coefficient (Wildman–Crippen LogP) is 3.36. The van der Waals surface area contributed by atoms with E-state index in [1.165, 1.54) is 23.9 Å². The third kappa shape index (κ3) is 5.04. The van der Waals surface area contributed by atoms with Gasteiger partial charge in [0, 0.05) is 16.8 Å². The average molecular weight is 467 g/mol. The molecular formula is C21H20ClFN2O3S2. The van der Waals surface area contributed by atoms with Crippen LogP contribution in [0.5, 0.6) is 0 Å². The first-order chi connectivity index (χ1) is 14.3. The van der Waals surface area contributed by atoms with E-state index in [1.807, 2.05) is 4.90 Å². The molecule has 158 valence electrons. The van der Waals surface area contributed by atoms with E-state index in [2.05, 4.69) is 4.99 Å². The molecule has 2 aliphatic rings. The number of amidine groups is 1. The molecule has 0 spiro atoms. The van der Waals surface area contributed by atoms with Crippen molar-refractivity contribution in [1.29, 1.82) is 0 Å². The molecule has 0 radical (unpaired) electrons. The molecule has 0 bridgehead atoms. The molecule has 2 saturated heterocycles. The first kappa shape index (κ1) is 21.3. The maximum absolute atomic E-state index is 13.2. The highest BCUT2D eigenvalue weighted by Crippen LogP contribution is 2.38. The summed E-state index contributed by atoms with van der Waals surface area (Å²) < 4.78 is 37.4. The van der Waals surface area contributed by atoms with Crippen LogP contribution in [0.15, 0.2) is 53.5 Å². The Kier molecular flexibility index (Phi) is 6.18. The Morgan fingerprint density at radius 1 is 1.10 bits per heavy atom. The largest absolute Gasteiger partial charge is 0.346 e. The Balaban J connectivity index is 1.50. The summed E-state index contributed by atoms with van der Waals surface area (Å²) in [6, 6.07) is 13.1. The Hall–Kier alpha value is -1.90. The molecule has 5 nitrogen and oxygen atoms in total. The lowest BCUT2D eigenvalue weighted by molar-refractivity contribution is -0.117. The van der Waals surface area contributed by atoms with Crippen molar-refractivity contribution < 1.29 is 17.6 Å². The number of sulfone groups is 1. The molecule has 30 heavy (non-hydrogen) atoms. The van der Waals surface area contributed by atoms with E-state index in [0.717, 1.165) is 11.1 Å². The summed E-state index contributed by atoms with van der Waals surface area (Å²) in [6.07, 6.45) is 0.759. The number of carbonyl (C=O) groups is 1. The third-order valence-electron chi connectivity index (χ3n) is 5.22. The molecule has 2 aromatic carbocycles. The van der Waals surface area contributed by atoms with Gasteiger partial charge in [-0.1, -0.05) is 47.6 Å². The van der Waals surface area contributed by atoms with Crippen LogP contribution in [0.4, 0.5) is 4.39 Å². The van der Waals surface area contributed by atoms with Crippen LogP contribution in [0.3, 0.4) is 0 Å². The van der Waals surface area contributed by atoms with E-state index < -0.39 is 9.84 Å². The van der Waals surface area contributed by atoms with E-state index in [-0.39, 0.29) is 40.9 Å². The fourth-order valence-corrected chi connectivity index (χ4v) is 7.84. The number of aliphatic imine (C=N–C) groups is 1. The lowest BCUT2D eigenvalue weighted by Crippen LogP contribution is -2.39. The molecule has 4 rings (SSSR count). The number of fused-ring (bicyclic) bond motifs is 1. The molecule has 2 aliphatic heterocycles. The van der Waals surface area contributed by atoms with Gasteiger partial charge in [-0.2, -0.15) is 4.99 Å². The van der Waals surface area contributed by atoms with Crippen molar-refractivity contribution in [2.24, 2.45) is 4.99 Å². The summed E-state index contributed by atoms with van der Waals surface area (Å²) >= 11 is 7.25. The summed E-state index contributed by atoms with van der Waals surface area (Å²) in [4.78, 5) is 18.8. The van der Waals surface area contributed by atoms with Crippen LogP contribution in [0.1, 0.15) is 11.1 Å². The summed E-state index contributed by atoms with van der Waals surface area (Å²) in [5, 5.41) is 1.05. The van der Waals surface area contributed by atoms with Crippen molar-refractivity contribution in [2.75, 3.05) is 18.1 Å². The second-order valence-electron chi connectivity index (χ2n) is 7.46. The monoisotopic (exact) mass is 466 g/mol. The first-order valence-corrected chi connectivity index (χ1v) is 12.6. The molecule has 0 aromatic heterocycles. The van der Waals surface area contributed by atoms with E-state index in [9.17, 15) is 17.6 Å². The second-order valence-corrected chi connectivity index (χ2v) is 11.3. The number of rotatable bonds is 5. The third-order valence-corrected chi connectivity index (χ3v) is 8.72. The van der Waals surface area contributed by atoms with Crippen molar-refractivity contribution in [1.82, 2.24) is 4.90 Å². The molecule has 0 N–H and O–H groups in total. The van der Waals surface area contributed by atoms with Crippen LogP contribution in [0, 0.1) is 5.82 Å². The average Bonchev–Trinajstić information content (AvgIpc) is 3.14. The van der Waals surface area contributed by atoms with Crippen LogP contribution in [0.2, 0.25) is 5.02 Å². The quantitative estimate of drug-likeness (QED) is 0.676. The van der Waals surface area contributed by atoms with Crippen molar-refractivity contribution in [2.45, 2.75) is 24.1 Å². The van der Waals surface area contributed by atoms with Gasteiger partial charge in [-0.15, -0.1) is 0 Å². The number of hydrogen-bond donors (Lipinski definition) is 0. The first-order valence-electron chi connectivity index (χ1n) is 9.53. The molecule has 0 saturated carbocycles. The highest BCUT2D eigenvalue weighted by Gasteiger charge is 2.48. The molecule has 9 heteroatoms. The Labute approximate surface area is 184 Å². The molecule has 1 amide bonds. The normalized spacial score (nSPS) is 23.7. The topological polar surface area (TPSA) is 66.8 Å². The minimum atomic E-state index is -3.10. The van der Waals surface area contributed by atoms with E-state index >= 15 is 0 Å². The van der Waals surface area contributed by atoms with Crippen molar-refractivity contribution in [3.8, 4) is 0 Å². The van der Waals surface area contributed by atoms with Crippen LogP contribution >= 0.6 is 23.4 Å². The van der Waals surface area contributed by atoms with E-state index in [4.69, 9.17) is 11.6 Å². The minimum Gasteiger partial charge on any atom is -0.346 e. The maximum Gasteiger partial charge on any atom is 0.252 e. The SMILES string of the molecule is O=C(Cc1ccc(Cl)cc1)N=C1S[C@@H]2CS(=O)(=O)C[C@@H]2N1CCc1ccc(F)cc1. The molecule has 2 atom stereocenters. The van der Waals surface area contributed by atoms with Gasteiger partial charge in [0.05, 0.1) is 24.0 Å². The van der Waals surface area contributed by atoms with Crippen molar-refractivity contribution in [3.63, 3.8) is 0 Å². The number of hydrogen-bond acceptors (Lipinski definition) is 4.